The predicted octanol–water partition coefficient (Wildman–Crippen LogP) is 3.77. The first-order chi connectivity index (χ1) is 8.63. The Hall–Kier alpha value is -2.34. The van der Waals surface area contributed by atoms with Crippen molar-refractivity contribution in [3.8, 4) is 6.07 Å². The fourth-order valence-corrected chi connectivity index (χ4v) is 1.88. The fraction of sp³-hybridized carbons (Fsp3) is 0.133. The summed E-state index contributed by atoms with van der Waals surface area (Å²) in [4.78, 5) is 1.90. The molecule has 2 nitrogen and oxygen atoms in total. The zero-order chi connectivity index (χ0) is 13.1. The minimum atomic E-state index is -0.490. The molecule has 0 bridgehead atoms. The average molecular weight is 240 g/mol. The summed E-state index contributed by atoms with van der Waals surface area (Å²) in [5.41, 5.74) is 2.92. The molecule has 0 heterocycles. The van der Waals surface area contributed by atoms with Crippen molar-refractivity contribution in [1.29, 1.82) is 5.26 Å². The minimum Gasteiger partial charge on any atom is -0.344 e. The molecule has 3 heteroatoms. The van der Waals surface area contributed by atoms with E-state index in [1.54, 1.807) is 6.07 Å². The Kier molecular flexibility index (Phi) is 3.29. The normalized spacial score (nSPS) is 9.89. The van der Waals surface area contributed by atoms with Gasteiger partial charge in [-0.3, -0.25) is 0 Å². The number of benzene rings is 2. The molecule has 0 fully saturated rings. The lowest BCUT2D eigenvalue weighted by molar-refractivity contribution is 0.624. The van der Waals surface area contributed by atoms with E-state index in [9.17, 15) is 4.39 Å². The van der Waals surface area contributed by atoms with Crippen LogP contribution in [0.25, 0.3) is 0 Å². The van der Waals surface area contributed by atoms with Crippen LogP contribution in [0.15, 0.2) is 42.5 Å². The summed E-state index contributed by atoms with van der Waals surface area (Å²) in [6.45, 7) is 2.01. The monoisotopic (exact) mass is 240 g/mol. The first-order valence-corrected chi connectivity index (χ1v) is 5.62. The van der Waals surface area contributed by atoms with Crippen LogP contribution >= 0.6 is 0 Å². The maximum atomic E-state index is 13.6. The number of rotatable bonds is 2. The van der Waals surface area contributed by atoms with Gasteiger partial charge in [0.2, 0.25) is 0 Å². The second kappa shape index (κ2) is 4.89. The number of para-hydroxylation sites is 1. The van der Waals surface area contributed by atoms with E-state index in [-0.39, 0.29) is 5.56 Å². The molecule has 0 aliphatic heterocycles. The molecule has 0 amide bonds. The van der Waals surface area contributed by atoms with Crippen molar-refractivity contribution < 1.29 is 4.39 Å². The molecule has 0 saturated heterocycles. The van der Waals surface area contributed by atoms with E-state index >= 15 is 0 Å². The molecule has 90 valence electrons. The van der Waals surface area contributed by atoms with Crippen molar-refractivity contribution >= 4 is 11.4 Å². The molecule has 0 N–H and O–H groups in total. The van der Waals surface area contributed by atoms with Crippen molar-refractivity contribution in [2.24, 2.45) is 0 Å². The van der Waals surface area contributed by atoms with Gasteiger partial charge in [-0.25, -0.2) is 4.39 Å². The van der Waals surface area contributed by atoms with Gasteiger partial charge in [-0.05, 0) is 36.8 Å². The van der Waals surface area contributed by atoms with Gasteiger partial charge >= 0.3 is 0 Å². The van der Waals surface area contributed by atoms with E-state index in [1.165, 1.54) is 12.1 Å². The van der Waals surface area contributed by atoms with Gasteiger partial charge in [0.1, 0.15) is 11.9 Å². The van der Waals surface area contributed by atoms with E-state index in [0.29, 0.717) is 0 Å². The molecule has 2 rings (SSSR count). The van der Waals surface area contributed by atoms with Crippen LogP contribution in [-0.2, 0) is 0 Å². The van der Waals surface area contributed by atoms with Crippen LogP contribution in [-0.4, -0.2) is 7.05 Å². The third kappa shape index (κ3) is 2.18. The molecule has 0 saturated carbocycles. The Morgan fingerprint density at radius 2 is 1.89 bits per heavy atom. The zero-order valence-corrected chi connectivity index (χ0v) is 10.3. The summed E-state index contributed by atoms with van der Waals surface area (Å²) < 4.78 is 13.6. The number of aryl methyl sites for hydroxylation is 1. The van der Waals surface area contributed by atoms with E-state index in [4.69, 9.17) is 5.26 Å². The molecule has 0 aliphatic carbocycles. The Bertz CT molecular complexity index is 614. The molecule has 0 radical (unpaired) electrons. The lowest BCUT2D eigenvalue weighted by Crippen LogP contribution is -2.11. The maximum absolute atomic E-state index is 13.6. The highest BCUT2D eigenvalue weighted by molar-refractivity contribution is 5.66. The van der Waals surface area contributed by atoms with Crippen molar-refractivity contribution in [2.45, 2.75) is 6.92 Å². The van der Waals surface area contributed by atoms with Crippen LogP contribution in [0.4, 0.5) is 15.8 Å². The van der Waals surface area contributed by atoms with Crippen LogP contribution in [0.2, 0.25) is 0 Å². The second-order valence-electron chi connectivity index (χ2n) is 4.12. The number of nitriles is 1. The van der Waals surface area contributed by atoms with Gasteiger partial charge in [0.25, 0.3) is 0 Å². The molecule has 0 aromatic heterocycles. The molecule has 2 aromatic rings. The van der Waals surface area contributed by atoms with Gasteiger partial charge < -0.3 is 4.90 Å². The predicted molar refractivity (Wildman–Crippen MR) is 70.4 cm³/mol. The Morgan fingerprint density at radius 3 is 2.50 bits per heavy atom. The summed E-state index contributed by atoms with van der Waals surface area (Å²) in [6.07, 6.45) is 0. The SMILES string of the molecule is Cc1ccccc1N(C)c1ccc(C#N)c(F)c1. The van der Waals surface area contributed by atoms with Crippen LogP contribution in [0.1, 0.15) is 11.1 Å². The number of halogens is 1. The Morgan fingerprint density at radius 1 is 1.17 bits per heavy atom. The van der Waals surface area contributed by atoms with Gasteiger partial charge in [0.15, 0.2) is 0 Å². The third-order valence-electron chi connectivity index (χ3n) is 2.94. The van der Waals surface area contributed by atoms with Crippen LogP contribution in [0.3, 0.4) is 0 Å². The quantitative estimate of drug-likeness (QED) is 0.798. The van der Waals surface area contributed by atoms with Gasteiger partial charge in [-0.2, -0.15) is 5.26 Å². The lowest BCUT2D eigenvalue weighted by atomic mass is 10.1. The molecular formula is C15H13FN2. The zero-order valence-electron chi connectivity index (χ0n) is 10.3. The van der Waals surface area contributed by atoms with Crippen LogP contribution in [0, 0.1) is 24.1 Å². The summed E-state index contributed by atoms with van der Waals surface area (Å²) in [5.74, 6) is -0.490. The molecule has 0 atom stereocenters. The number of nitrogens with zero attached hydrogens (tertiary/aromatic N) is 2. The van der Waals surface area contributed by atoms with E-state index in [1.807, 2.05) is 49.2 Å². The minimum absolute atomic E-state index is 0.0666. The van der Waals surface area contributed by atoms with E-state index in [0.717, 1.165) is 16.9 Å². The highest BCUT2D eigenvalue weighted by Gasteiger charge is 2.09. The maximum Gasteiger partial charge on any atom is 0.143 e. The topological polar surface area (TPSA) is 27.0 Å². The number of hydrogen-bond donors (Lipinski definition) is 0. The van der Waals surface area contributed by atoms with Gasteiger partial charge in [0, 0.05) is 18.4 Å². The summed E-state index contributed by atoms with van der Waals surface area (Å²) >= 11 is 0. The van der Waals surface area contributed by atoms with Crippen molar-refractivity contribution in [2.75, 3.05) is 11.9 Å². The highest BCUT2D eigenvalue weighted by atomic mass is 19.1. The van der Waals surface area contributed by atoms with Crippen molar-refractivity contribution in [3.05, 3.63) is 59.4 Å². The summed E-state index contributed by atoms with van der Waals surface area (Å²) in [7, 11) is 1.88. The Balaban J connectivity index is 2.41. The van der Waals surface area contributed by atoms with E-state index < -0.39 is 5.82 Å². The second-order valence-corrected chi connectivity index (χ2v) is 4.12. The van der Waals surface area contributed by atoms with Crippen LogP contribution in [0.5, 0.6) is 0 Å². The number of anilines is 2. The average Bonchev–Trinajstić information content (AvgIpc) is 2.38. The fourth-order valence-electron chi connectivity index (χ4n) is 1.88. The summed E-state index contributed by atoms with van der Waals surface area (Å²) in [5, 5.41) is 8.71. The molecular weight excluding hydrogens is 227 g/mol. The highest BCUT2D eigenvalue weighted by Crippen LogP contribution is 2.27. The van der Waals surface area contributed by atoms with E-state index in [2.05, 4.69) is 0 Å². The van der Waals surface area contributed by atoms with Gasteiger partial charge in [-0.15, -0.1) is 0 Å². The Labute approximate surface area is 106 Å². The van der Waals surface area contributed by atoms with Gasteiger partial charge in [-0.1, -0.05) is 18.2 Å². The standard InChI is InChI=1S/C15H13FN2/c1-11-5-3-4-6-15(11)18(2)13-8-7-12(10-17)14(16)9-13/h3-9H,1-2H3. The summed E-state index contributed by atoms with van der Waals surface area (Å²) in [6, 6.07) is 14.3. The van der Waals surface area contributed by atoms with Gasteiger partial charge in [0.05, 0.1) is 5.56 Å². The lowest BCUT2D eigenvalue weighted by Gasteiger charge is -2.21. The van der Waals surface area contributed by atoms with Crippen molar-refractivity contribution in [3.63, 3.8) is 0 Å². The largest absolute Gasteiger partial charge is 0.344 e. The molecule has 0 spiro atoms. The molecule has 18 heavy (non-hydrogen) atoms. The molecule has 2 aromatic carbocycles. The smallest absolute Gasteiger partial charge is 0.143 e. The number of hydrogen-bond acceptors (Lipinski definition) is 2. The molecule has 0 aliphatic rings. The van der Waals surface area contributed by atoms with Crippen molar-refractivity contribution in [1.82, 2.24) is 0 Å². The molecule has 0 unspecified atom stereocenters. The first-order valence-electron chi connectivity index (χ1n) is 5.62. The first kappa shape index (κ1) is 12.1. The van der Waals surface area contributed by atoms with Crippen LogP contribution < -0.4 is 4.90 Å². The third-order valence-corrected chi connectivity index (χ3v) is 2.94.